The van der Waals surface area contributed by atoms with Gasteiger partial charge < -0.3 is 10.6 Å². The first-order valence-electron chi connectivity index (χ1n) is 7.31. The fraction of sp³-hybridized carbons (Fsp3) is 0.562. The lowest BCUT2D eigenvalue weighted by molar-refractivity contribution is -0.132. The lowest BCUT2D eigenvalue weighted by Crippen LogP contribution is -2.39. The van der Waals surface area contributed by atoms with Crippen LogP contribution in [0.15, 0.2) is 30.3 Å². The van der Waals surface area contributed by atoms with Gasteiger partial charge in [0.05, 0.1) is 0 Å². The van der Waals surface area contributed by atoms with Crippen LogP contribution in [0, 0.1) is 5.92 Å². The number of halogens is 1. The molecule has 1 aromatic carbocycles. The molecule has 1 aromatic rings. The molecule has 0 bridgehead atoms. The van der Waals surface area contributed by atoms with Crippen LogP contribution in [0.2, 0.25) is 0 Å². The quantitative estimate of drug-likeness (QED) is 0.931. The molecular formula is C16H25ClN2O. The van der Waals surface area contributed by atoms with Gasteiger partial charge in [-0.3, -0.25) is 4.79 Å². The van der Waals surface area contributed by atoms with Crippen LogP contribution >= 0.6 is 12.4 Å². The number of carbonyl (C=O) groups excluding carboxylic acids is 1. The van der Waals surface area contributed by atoms with Gasteiger partial charge in [-0.2, -0.15) is 0 Å². The van der Waals surface area contributed by atoms with Gasteiger partial charge in [0.1, 0.15) is 6.04 Å². The van der Waals surface area contributed by atoms with Gasteiger partial charge in [0.15, 0.2) is 0 Å². The minimum absolute atomic E-state index is 0. The van der Waals surface area contributed by atoms with E-state index < -0.39 is 6.04 Å². The fourth-order valence-corrected chi connectivity index (χ4v) is 2.79. The van der Waals surface area contributed by atoms with Crippen LogP contribution in [0.3, 0.4) is 0 Å². The van der Waals surface area contributed by atoms with E-state index in [1.807, 2.05) is 35.2 Å². The van der Waals surface area contributed by atoms with E-state index in [1.165, 1.54) is 12.8 Å². The summed E-state index contributed by atoms with van der Waals surface area (Å²) in [6.45, 7) is 3.95. The molecule has 2 rings (SSSR count). The van der Waals surface area contributed by atoms with Gasteiger partial charge in [-0.1, -0.05) is 43.7 Å². The molecule has 1 aliphatic rings. The van der Waals surface area contributed by atoms with Gasteiger partial charge in [-0.25, -0.2) is 0 Å². The molecule has 3 nitrogen and oxygen atoms in total. The van der Waals surface area contributed by atoms with E-state index in [-0.39, 0.29) is 18.3 Å². The van der Waals surface area contributed by atoms with E-state index in [2.05, 4.69) is 6.92 Å². The third-order valence-corrected chi connectivity index (χ3v) is 4.16. The summed E-state index contributed by atoms with van der Waals surface area (Å²) in [4.78, 5) is 14.4. The van der Waals surface area contributed by atoms with Crippen molar-refractivity contribution in [2.24, 2.45) is 11.7 Å². The maximum absolute atomic E-state index is 12.4. The van der Waals surface area contributed by atoms with Gasteiger partial charge in [0.2, 0.25) is 5.91 Å². The Morgan fingerprint density at radius 2 is 2.00 bits per heavy atom. The van der Waals surface area contributed by atoms with Gasteiger partial charge in [-0.05, 0) is 30.7 Å². The first-order chi connectivity index (χ1) is 9.22. The lowest BCUT2D eigenvalue weighted by Gasteiger charge is -2.24. The highest BCUT2D eigenvalue weighted by molar-refractivity contribution is 5.85. The minimum atomic E-state index is -0.514. The van der Waals surface area contributed by atoms with Crippen molar-refractivity contribution >= 4 is 18.3 Å². The smallest absolute Gasteiger partial charge is 0.244 e. The Bertz CT molecular complexity index is 410. The van der Waals surface area contributed by atoms with Crippen LogP contribution in [0.1, 0.15) is 44.2 Å². The monoisotopic (exact) mass is 296 g/mol. The molecule has 1 heterocycles. The first kappa shape index (κ1) is 17.0. The molecule has 1 saturated heterocycles. The summed E-state index contributed by atoms with van der Waals surface area (Å²) in [7, 11) is 0. The molecule has 2 atom stereocenters. The number of likely N-dealkylation sites (tertiary alicyclic amines) is 1. The molecule has 112 valence electrons. The standard InChI is InChI=1S/C16H24N2O.ClH/c1-2-13-7-6-11-18(12-10-13)16(19)15(17)14-8-4-3-5-9-14;/h3-5,8-9,13,15H,2,6-7,10-12,17H2,1H3;1H. The predicted octanol–water partition coefficient (Wildman–Crippen LogP) is 3.15. The molecule has 1 aliphatic heterocycles. The van der Waals surface area contributed by atoms with Gasteiger partial charge in [0, 0.05) is 13.1 Å². The van der Waals surface area contributed by atoms with Crippen LogP contribution in [-0.4, -0.2) is 23.9 Å². The Labute approximate surface area is 127 Å². The summed E-state index contributed by atoms with van der Waals surface area (Å²) in [6, 6.07) is 9.14. The molecule has 0 spiro atoms. The zero-order valence-electron chi connectivity index (χ0n) is 12.1. The molecule has 20 heavy (non-hydrogen) atoms. The van der Waals surface area contributed by atoms with Crippen LogP contribution in [0.25, 0.3) is 0 Å². The molecule has 2 unspecified atom stereocenters. The molecule has 4 heteroatoms. The second-order valence-corrected chi connectivity index (χ2v) is 5.42. The van der Waals surface area contributed by atoms with Crippen LogP contribution in [-0.2, 0) is 4.79 Å². The van der Waals surface area contributed by atoms with Crippen molar-refractivity contribution in [2.75, 3.05) is 13.1 Å². The fourth-order valence-electron chi connectivity index (χ4n) is 2.79. The summed E-state index contributed by atoms with van der Waals surface area (Å²) >= 11 is 0. The Hall–Kier alpha value is -1.06. The minimum Gasteiger partial charge on any atom is -0.341 e. The number of nitrogens with two attached hydrogens (primary N) is 1. The Balaban J connectivity index is 0.00000200. The van der Waals surface area contributed by atoms with E-state index in [4.69, 9.17) is 5.73 Å². The summed E-state index contributed by atoms with van der Waals surface area (Å²) in [5.74, 6) is 0.841. The molecular weight excluding hydrogens is 272 g/mol. The first-order valence-corrected chi connectivity index (χ1v) is 7.31. The molecule has 0 aliphatic carbocycles. The number of hydrogen-bond donors (Lipinski definition) is 1. The molecule has 2 N–H and O–H groups in total. The largest absolute Gasteiger partial charge is 0.341 e. The van der Waals surface area contributed by atoms with Crippen molar-refractivity contribution in [2.45, 2.75) is 38.6 Å². The average Bonchev–Trinajstić information content (AvgIpc) is 2.72. The molecule has 1 fully saturated rings. The Kier molecular flexibility index (Phi) is 7.03. The zero-order chi connectivity index (χ0) is 13.7. The molecule has 1 amide bonds. The number of nitrogens with zero attached hydrogens (tertiary/aromatic N) is 1. The molecule has 0 saturated carbocycles. The maximum Gasteiger partial charge on any atom is 0.244 e. The van der Waals surface area contributed by atoms with E-state index in [0.717, 1.165) is 37.4 Å². The van der Waals surface area contributed by atoms with Gasteiger partial charge >= 0.3 is 0 Å². The normalized spacial score (nSPS) is 20.7. The highest BCUT2D eigenvalue weighted by Crippen LogP contribution is 2.22. The maximum atomic E-state index is 12.4. The van der Waals surface area contributed by atoms with E-state index in [0.29, 0.717) is 0 Å². The van der Waals surface area contributed by atoms with Crippen molar-refractivity contribution in [1.29, 1.82) is 0 Å². The van der Waals surface area contributed by atoms with E-state index in [1.54, 1.807) is 0 Å². The Morgan fingerprint density at radius 1 is 1.30 bits per heavy atom. The number of carbonyl (C=O) groups is 1. The van der Waals surface area contributed by atoms with Crippen molar-refractivity contribution in [3.8, 4) is 0 Å². The second-order valence-electron chi connectivity index (χ2n) is 5.42. The SMILES string of the molecule is CCC1CCCN(C(=O)C(N)c2ccccc2)CC1.Cl. The van der Waals surface area contributed by atoms with Gasteiger partial charge in [0.25, 0.3) is 0 Å². The third-order valence-electron chi connectivity index (χ3n) is 4.16. The number of amides is 1. The van der Waals surface area contributed by atoms with E-state index >= 15 is 0 Å². The van der Waals surface area contributed by atoms with Gasteiger partial charge in [-0.15, -0.1) is 12.4 Å². The third kappa shape index (κ3) is 4.22. The zero-order valence-corrected chi connectivity index (χ0v) is 12.9. The topological polar surface area (TPSA) is 46.3 Å². The van der Waals surface area contributed by atoms with Crippen molar-refractivity contribution in [3.05, 3.63) is 35.9 Å². The summed E-state index contributed by atoms with van der Waals surface area (Å²) < 4.78 is 0. The Morgan fingerprint density at radius 3 is 2.65 bits per heavy atom. The molecule has 0 radical (unpaired) electrons. The number of rotatable bonds is 3. The van der Waals surface area contributed by atoms with E-state index in [9.17, 15) is 4.79 Å². The van der Waals surface area contributed by atoms with Crippen molar-refractivity contribution < 1.29 is 4.79 Å². The predicted molar refractivity (Wildman–Crippen MR) is 84.8 cm³/mol. The summed E-state index contributed by atoms with van der Waals surface area (Å²) in [5, 5.41) is 0. The lowest BCUT2D eigenvalue weighted by atomic mass is 9.98. The van der Waals surface area contributed by atoms with Crippen LogP contribution < -0.4 is 5.73 Å². The molecule has 0 aromatic heterocycles. The van der Waals surface area contributed by atoms with Crippen LogP contribution in [0.4, 0.5) is 0 Å². The average molecular weight is 297 g/mol. The van der Waals surface area contributed by atoms with Crippen LogP contribution in [0.5, 0.6) is 0 Å². The summed E-state index contributed by atoms with van der Waals surface area (Å²) in [5.41, 5.74) is 7.00. The van der Waals surface area contributed by atoms with Crippen molar-refractivity contribution in [1.82, 2.24) is 4.90 Å². The van der Waals surface area contributed by atoms with Crippen molar-refractivity contribution in [3.63, 3.8) is 0 Å². The highest BCUT2D eigenvalue weighted by atomic mass is 35.5. The summed E-state index contributed by atoms with van der Waals surface area (Å²) in [6.07, 6.45) is 4.67. The highest BCUT2D eigenvalue weighted by Gasteiger charge is 2.24. The second kappa shape index (κ2) is 8.28. The number of benzene rings is 1. The number of hydrogen-bond acceptors (Lipinski definition) is 2.